The van der Waals surface area contributed by atoms with Crippen molar-refractivity contribution in [3.05, 3.63) is 83.8 Å². The van der Waals surface area contributed by atoms with Gasteiger partial charge in [0.25, 0.3) is 5.91 Å². The number of pyridine rings is 1. The van der Waals surface area contributed by atoms with Crippen LogP contribution in [0.1, 0.15) is 53.0 Å². The molecule has 0 spiro atoms. The first-order chi connectivity index (χ1) is 16.9. The minimum atomic E-state index is -0.118. The Labute approximate surface area is 205 Å². The summed E-state index contributed by atoms with van der Waals surface area (Å²) < 4.78 is 0. The Morgan fingerprint density at radius 1 is 0.971 bits per heavy atom. The molecule has 0 bridgehead atoms. The summed E-state index contributed by atoms with van der Waals surface area (Å²) in [4.78, 5) is 37.2. The number of ketones is 1. The third kappa shape index (κ3) is 5.19. The van der Waals surface area contributed by atoms with Crippen LogP contribution in [0.2, 0.25) is 0 Å². The Kier molecular flexibility index (Phi) is 7.15. The molecule has 0 saturated carbocycles. The second-order valence-electron chi connectivity index (χ2n) is 8.75. The molecule has 2 aromatic carbocycles. The van der Waals surface area contributed by atoms with Crippen LogP contribution in [0.3, 0.4) is 0 Å². The molecule has 7 heteroatoms. The third-order valence-electron chi connectivity index (χ3n) is 6.48. The zero-order valence-electron chi connectivity index (χ0n) is 20.4. The Morgan fingerprint density at radius 2 is 1.74 bits per heavy atom. The number of hydrogen-bond donors (Lipinski definition) is 2. The van der Waals surface area contributed by atoms with Crippen molar-refractivity contribution in [2.45, 2.75) is 26.7 Å². The third-order valence-corrected chi connectivity index (χ3v) is 6.48. The van der Waals surface area contributed by atoms with Crippen molar-refractivity contribution in [2.24, 2.45) is 5.92 Å². The molecule has 2 aromatic heterocycles. The number of para-hydroxylation sites is 1. The molecule has 2 N–H and O–H groups in total. The Balaban J connectivity index is 1.50. The molecule has 178 valence electrons. The highest BCUT2D eigenvalue weighted by Crippen LogP contribution is 2.31. The van der Waals surface area contributed by atoms with E-state index in [0.29, 0.717) is 17.7 Å². The summed E-state index contributed by atoms with van der Waals surface area (Å²) in [6.45, 7) is 6.62. The molecule has 0 aliphatic heterocycles. The smallest absolute Gasteiger partial charge is 0.251 e. The first-order valence-electron chi connectivity index (χ1n) is 11.7. The highest BCUT2D eigenvalue weighted by molar-refractivity contribution is 6.06. The maximum absolute atomic E-state index is 12.3. The average molecular weight is 468 g/mol. The number of Topliss-reactive ketones (excluding diaryl/α,β-unsaturated/α-hetero) is 1. The summed E-state index contributed by atoms with van der Waals surface area (Å²) in [6.07, 6.45) is 3.23. The zero-order chi connectivity index (χ0) is 24.9. The van der Waals surface area contributed by atoms with Crippen molar-refractivity contribution in [1.29, 1.82) is 0 Å². The summed E-state index contributed by atoms with van der Waals surface area (Å²) in [5.74, 6) is 1.12. The van der Waals surface area contributed by atoms with Gasteiger partial charge in [-0.15, -0.1) is 0 Å². The Hall–Kier alpha value is -4.13. The van der Waals surface area contributed by atoms with E-state index in [0.717, 1.165) is 33.5 Å². The lowest BCUT2D eigenvalue weighted by Gasteiger charge is -2.22. The SMILES string of the molecule is CNC(=O)c1ccnc2c(C(C)[C@H](C)CNc3cc(-c4ccc(C(C)=O)cc4)ncn3)cccc12. The number of carbonyl (C=O) groups excluding carboxylic acids is 2. The lowest BCUT2D eigenvalue weighted by molar-refractivity contribution is 0.0963. The number of nitrogens with one attached hydrogen (secondary N) is 2. The Bertz CT molecular complexity index is 1370. The molecule has 0 aliphatic carbocycles. The first kappa shape index (κ1) is 24.0. The second-order valence-corrected chi connectivity index (χ2v) is 8.75. The maximum atomic E-state index is 12.3. The summed E-state index contributed by atoms with van der Waals surface area (Å²) >= 11 is 0. The fourth-order valence-corrected chi connectivity index (χ4v) is 4.14. The molecule has 4 rings (SSSR count). The van der Waals surface area contributed by atoms with Crippen LogP contribution in [0.15, 0.2) is 67.1 Å². The number of carbonyl (C=O) groups is 2. The van der Waals surface area contributed by atoms with Crippen molar-refractivity contribution in [3.63, 3.8) is 0 Å². The van der Waals surface area contributed by atoms with Gasteiger partial charge in [-0.05, 0) is 30.4 Å². The van der Waals surface area contributed by atoms with E-state index in [9.17, 15) is 9.59 Å². The first-order valence-corrected chi connectivity index (χ1v) is 11.7. The van der Waals surface area contributed by atoms with Crippen molar-refractivity contribution in [1.82, 2.24) is 20.3 Å². The fraction of sp³-hybridized carbons (Fsp3) is 0.250. The number of benzene rings is 2. The zero-order valence-corrected chi connectivity index (χ0v) is 20.4. The molecule has 0 radical (unpaired) electrons. The summed E-state index contributed by atoms with van der Waals surface area (Å²) in [5.41, 5.74) is 4.98. The highest BCUT2D eigenvalue weighted by atomic mass is 16.1. The number of rotatable bonds is 8. The molecule has 2 atom stereocenters. The van der Waals surface area contributed by atoms with Gasteiger partial charge in [-0.1, -0.05) is 56.3 Å². The van der Waals surface area contributed by atoms with Gasteiger partial charge in [0.1, 0.15) is 12.1 Å². The molecule has 4 aromatic rings. The number of nitrogens with zero attached hydrogens (tertiary/aromatic N) is 3. The molecule has 0 saturated heterocycles. The topological polar surface area (TPSA) is 96.9 Å². The number of aromatic nitrogens is 3. The van der Waals surface area contributed by atoms with Gasteiger partial charge in [-0.2, -0.15) is 0 Å². The fourth-order valence-electron chi connectivity index (χ4n) is 4.14. The minimum Gasteiger partial charge on any atom is -0.370 e. The van der Waals surface area contributed by atoms with Crippen LogP contribution in [0.25, 0.3) is 22.2 Å². The molecule has 35 heavy (non-hydrogen) atoms. The van der Waals surface area contributed by atoms with E-state index in [1.165, 1.54) is 0 Å². The van der Waals surface area contributed by atoms with Gasteiger partial charge in [-0.25, -0.2) is 9.97 Å². The van der Waals surface area contributed by atoms with Gasteiger partial charge in [0, 0.05) is 42.4 Å². The van der Waals surface area contributed by atoms with Crippen LogP contribution in [0, 0.1) is 5.92 Å². The number of hydrogen-bond acceptors (Lipinski definition) is 6. The number of fused-ring (bicyclic) bond motifs is 1. The van der Waals surface area contributed by atoms with Gasteiger partial charge in [-0.3, -0.25) is 14.6 Å². The Morgan fingerprint density at radius 3 is 2.46 bits per heavy atom. The lowest BCUT2D eigenvalue weighted by atomic mass is 9.87. The maximum Gasteiger partial charge on any atom is 0.251 e. The monoisotopic (exact) mass is 467 g/mol. The van der Waals surface area contributed by atoms with E-state index in [1.807, 2.05) is 42.5 Å². The van der Waals surface area contributed by atoms with Crippen molar-refractivity contribution >= 4 is 28.4 Å². The molecule has 1 amide bonds. The summed E-state index contributed by atoms with van der Waals surface area (Å²) in [5, 5.41) is 6.99. The van der Waals surface area contributed by atoms with Crippen molar-refractivity contribution in [3.8, 4) is 11.3 Å². The molecular weight excluding hydrogens is 438 g/mol. The van der Waals surface area contributed by atoms with E-state index in [4.69, 9.17) is 0 Å². The van der Waals surface area contributed by atoms with Gasteiger partial charge in [0.2, 0.25) is 0 Å². The molecule has 7 nitrogen and oxygen atoms in total. The van der Waals surface area contributed by atoms with E-state index in [1.54, 1.807) is 32.6 Å². The largest absolute Gasteiger partial charge is 0.370 e. The molecule has 0 aliphatic rings. The summed E-state index contributed by atoms with van der Waals surface area (Å²) in [6, 6.07) is 17.1. The predicted octanol–water partition coefficient (Wildman–Crippen LogP) is 5.11. The molecule has 0 fully saturated rings. The van der Waals surface area contributed by atoms with Crippen LogP contribution in [-0.2, 0) is 0 Å². The van der Waals surface area contributed by atoms with Gasteiger partial charge < -0.3 is 10.6 Å². The molecule has 1 unspecified atom stereocenters. The number of anilines is 1. The van der Waals surface area contributed by atoms with Crippen LogP contribution < -0.4 is 10.6 Å². The van der Waals surface area contributed by atoms with Gasteiger partial charge in [0.15, 0.2) is 5.78 Å². The van der Waals surface area contributed by atoms with Crippen molar-refractivity contribution < 1.29 is 9.59 Å². The van der Waals surface area contributed by atoms with E-state index >= 15 is 0 Å². The van der Waals surface area contributed by atoms with Crippen LogP contribution >= 0.6 is 0 Å². The molecule has 2 heterocycles. The molecular formula is C28H29N5O2. The average Bonchev–Trinajstić information content (AvgIpc) is 2.90. The predicted molar refractivity (Wildman–Crippen MR) is 139 cm³/mol. The highest BCUT2D eigenvalue weighted by Gasteiger charge is 2.19. The number of amides is 1. The van der Waals surface area contributed by atoms with Crippen LogP contribution in [-0.4, -0.2) is 40.2 Å². The van der Waals surface area contributed by atoms with Crippen LogP contribution in [0.4, 0.5) is 5.82 Å². The van der Waals surface area contributed by atoms with E-state index in [2.05, 4.69) is 45.5 Å². The second kappa shape index (κ2) is 10.4. The standard InChI is InChI=1S/C28H29N5O2/c1-17(18(2)22-6-5-7-23-24(28(35)29-4)12-13-30-27(22)23)15-31-26-14-25(32-16-33-26)21-10-8-20(9-11-21)19(3)34/h5-14,16-18H,15H2,1-4H3,(H,29,35)(H,31,32,33)/t17-,18?/m1/s1. The normalized spacial score (nSPS) is 12.7. The van der Waals surface area contributed by atoms with Gasteiger partial charge >= 0.3 is 0 Å². The summed E-state index contributed by atoms with van der Waals surface area (Å²) in [7, 11) is 1.63. The van der Waals surface area contributed by atoms with E-state index in [-0.39, 0.29) is 23.5 Å². The van der Waals surface area contributed by atoms with Crippen LogP contribution in [0.5, 0.6) is 0 Å². The lowest BCUT2D eigenvalue weighted by Crippen LogP contribution is -2.19. The van der Waals surface area contributed by atoms with Gasteiger partial charge in [0.05, 0.1) is 16.8 Å². The van der Waals surface area contributed by atoms with Crippen molar-refractivity contribution in [2.75, 3.05) is 18.9 Å². The van der Waals surface area contributed by atoms with E-state index < -0.39 is 0 Å². The quantitative estimate of drug-likeness (QED) is 0.350. The minimum absolute atomic E-state index is 0.0379.